The van der Waals surface area contributed by atoms with Crippen LogP contribution < -0.4 is 15.8 Å². The normalized spacial score (nSPS) is 16.1. The Morgan fingerprint density at radius 3 is 2.31 bits per heavy atom. The molecule has 1 aliphatic heterocycles. The van der Waals surface area contributed by atoms with E-state index in [1.165, 1.54) is 27.7 Å². The van der Waals surface area contributed by atoms with Crippen LogP contribution in [0.15, 0.2) is 46.1 Å². The number of para-hydroxylation sites is 1. The van der Waals surface area contributed by atoms with E-state index >= 15 is 0 Å². The number of piperazine rings is 1. The van der Waals surface area contributed by atoms with Crippen molar-refractivity contribution < 1.29 is 26.0 Å². The molecule has 0 saturated carbocycles. The number of anilines is 2. The van der Waals surface area contributed by atoms with Crippen molar-refractivity contribution >= 4 is 32.1 Å². The Hall–Kier alpha value is -3.12. The molecule has 4 rings (SSSR count). The van der Waals surface area contributed by atoms with Crippen LogP contribution in [0.5, 0.6) is 0 Å². The van der Waals surface area contributed by atoms with Gasteiger partial charge in [-0.3, -0.25) is 14.3 Å². The maximum Gasteiger partial charge on any atom is 0.401 e. The smallest absolute Gasteiger partial charge is 0.377 e. The molecule has 1 atom stereocenters. The van der Waals surface area contributed by atoms with Gasteiger partial charge in [0.05, 0.1) is 22.5 Å². The van der Waals surface area contributed by atoms with Crippen LogP contribution in [0, 0.1) is 5.82 Å². The number of benzene rings is 2. The molecule has 1 saturated heterocycles. The first-order valence-electron chi connectivity index (χ1n) is 12.7. The number of halogens is 4. The summed E-state index contributed by atoms with van der Waals surface area (Å²) in [7, 11) is -1.96. The highest BCUT2D eigenvalue weighted by molar-refractivity contribution is 7.90. The third-order valence-electron chi connectivity index (χ3n) is 7.11. The molecule has 1 N–H and O–H groups in total. The van der Waals surface area contributed by atoms with Crippen LogP contribution in [-0.2, 0) is 23.3 Å². The van der Waals surface area contributed by atoms with Crippen LogP contribution >= 0.6 is 0 Å². The molecule has 2 aromatic carbocycles. The van der Waals surface area contributed by atoms with Crippen LogP contribution in [-0.4, -0.2) is 63.0 Å². The number of hydrogen-bond donors (Lipinski definition) is 1. The van der Waals surface area contributed by atoms with E-state index in [0.717, 1.165) is 11.8 Å². The Morgan fingerprint density at radius 1 is 1.08 bits per heavy atom. The fourth-order valence-corrected chi connectivity index (χ4v) is 6.25. The molecule has 0 bridgehead atoms. The number of sulfone groups is 1. The Labute approximate surface area is 224 Å². The summed E-state index contributed by atoms with van der Waals surface area (Å²) in [5.41, 5.74) is 1.20. The van der Waals surface area contributed by atoms with Crippen LogP contribution in [0.3, 0.4) is 0 Å². The van der Waals surface area contributed by atoms with E-state index in [1.54, 1.807) is 32.2 Å². The number of nitrogens with one attached hydrogen (secondary N) is 1. The van der Waals surface area contributed by atoms with Crippen molar-refractivity contribution in [1.29, 1.82) is 0 Å². The lowest BCUT2D eigenvalue weighted by Gasteiger charge is -2.38. The second-order valence-electron chi connectivity index (χ2n) is 9.95. The summed E-state index contributed by atoms with van der Waals surface area (Å²) in [6.07, 6.45) is -2.70. The van der Waals surface area contributed by atoms with Gasteiger partial charge in [-0.25, -0.2) is 12.8 Å². The third kappa shape index (κ3) is 6.06. The average molecular weight is 569 g/mol. The molecule has 212 valence electrons. The van der Waals surface area contributed by atoms with Crippen molar-refractivity contribution in [1.82, 2.24) is 9.47 Å². The van der Waals surface area contributed by atoms with E-state index in [4.69, 9.17) is 0 Å². The summed E-state index contributed by atoms with van der Waals surface area (Å²) in [6, 6.07) is 8.37. The molecule has 0 radical (unpaired) electrons. The standard InChI is InChI=1S/C27H32F4N4O3S/c1-5-19-24-20(17(2)32-22-8-6-7-9-23(22)39(4,37)38)14-18(28)15-21(24)26(36)33(3)25(19)35-12-10-34(11-13-35)16-27(29,30)31/h6-9,14-15,17,32H,5,10-13,16H2,1-4H3/t17-/m1/s1. The van der Waals surface area contributed by atoms with Crippen LogP contribution in [0.1, 0.15) is 31.0 Å². The molecule has 0 amide bonds. The lowest BCUT2D eigenvalue weighted by molar-refractivity contribution is -0.146. The van der Waals surface area contributed by atoms with Crippen molar-refractivity contribution in [3.05, 3.63) is 63.7 Å². The van der Waals surface area contributed by atoms with Crippen LogP contribution in [0.2, 0.25) is 0 Å². The quantitative estimate of drug-likeness (QED) is 0.423. The average Bonchev–Trinajstić information content (AvgIpc) is 2.85. The van der Waals surface area contributed by atoms with Gasteiger partial charge in [-0.2, -0.15) is 13.2 Å². The van der Waals surface area contributed by atoms with E-state index in [9.17, 15) is 30.8 Å². The maximum atomic E-state index is 14.9. The molecule has 0 aliphatic carbocycles. The number of fused-ring (bicyclic) bond motifs is 1. The predicted octanol–water partition coefficient (Wildman–Crippen LogP) is 4.50. The molecule has 1 aromatic heterocycles. The van der Waals surface area contributed by atoms with Crippen molar-refractivity contribution in [2.45, 2.75) is 37.4 Å². The van der Waals surface area contributed by atoms with Crippen LogP contribution in [0.25, 0.3) is 10.8 Å². The fraction of sp³-hybridized carbons (Fsp3) is 0.444. The Balaban J connectivity index is 1.81. The first-order valence-corrected chi connectivity index (χ1v) is 14.5. The van der Waals surface area contributed by atoms with E-state index in [-0.39, 0.29) is 23.4 Å². The zero-order chi connectivity index (χ0) is 28.7. The molecule has 12 heteroatoms. The van der Waals surface area contributed by atoms with Gasteiger partial charge in [-0.1, -0.05) is 19.1 Å². The molecule has 0 unspecified atom stereocenters. The highest BCUT2D eigenvalue weighted by Gasteiger charge is 2.33. The van der Waals surface area contributed by atoms with Gasteiger partial charge in [-0.05, 0) is 48.6 Å². The fourth-order valence-electron chi connectivity index (χ4n) is 5.40. The minimum absolute atomic E-state index is 0.0987. The number of alkyl halides is 3. The number of pyridine rings is 1. The minimum Gasteiger partial charge on any atom is -0.377 e. The van der Waals surface area contributed by atoms with Gasteiger partial charge in [0.15, 0.2) is 9.84 Å². The van der Waals surface area contributed by atoms with Gasteiger partial charge in [0.2, 0.25) is 0 Å². The molecule has 0 spiro atoms. The molecular weight excluding hydrogens is 536 g/mol. The topological polar surface area (TPSA) is 74.7 Å². The molecule has 3 aromatic rings. The minimum atomic E-state index is -4.29. The van der Waals surface area contributed by atoms with Gasteiger partial charge < -0.3 is 10.2 Å². The number of nitrogens with zero attached hydrogens (tertiary/aromatic N) is 3. The van der Waals surface area contributed by atoms with E-state index in [0.29, 0.717) is 42.0 Å². The summed E-state index contributed by atoms with van der Waals surface area (Å²) in [5.74, 6) is -0.00605. The van der Waals surface area contributed by atoms with Gasteiger partial charge in [-0.15, -0.1) is 0 Å². The first-order chi connectivity index (χ1) is 18.2. The van der Waals surface area contributed by atoms with Crippen molar-refractivity contribution in [2.24, 2.45) is 7.05 Å². The van der Waals surface area contributed by atoms with Gasteiger partial charge >= 0.3 is 6.18 Å². The number of rotatable bonds is 7. The van der Waals surface area contributed by atoms with Crippen molar-refractivity contribution in [3.8, 4) is 0 Å². The summed E-state index contributed by atoms with van der Waals surface area (Å²) < 4.78 is 79.7. The number of aryl methyl sites for hydroxylation is 1. The Bertz CT molecular complexity index is 1550. The van der Waals surface area contributed by atoms with E-state index in [1.807, 2.05) is 11.8 Å². The second kappa shape index (κ2) is 10.8. The highest BCUT2D eigenvalue weighted by Crippen LogP contribution is 2.35. The molecule has 1 aliphatic rings. The first kappa shape index (κ1) is 28.9. The van der Waals surface area contributed by atoms with E-state index < -0.39 is 40.0 Å². The van der Waals surface area contributed by atoms with Crippen LogP contribution in [0.4, 0.5) is 29.1 Å². The monoisotopic (exact) mass is 568 g/mol. The molecule has 2 heterocycles. The zero-order valence-corrected chi connectivity index (χ0v) is 23.1. The van der Waals surface area contributed by atoms with Crippen molar-refractivity contribution in [3.63, 3.8) is 0 Å². The molecule has 39 heavy (non-hydrogen) atoms. The van der Waals surface area contributed by atoms with Gasteiger partial charge in [0.25, 0.3) is 5.56 Å². The Kier molecular flexibility index (Phi) is 8.00. The highest BCUT2D eigenvalue weighted by atomic mass is 32.2. The lowest BCUT2D eigenvalue weighted by atomic mass is 9.94. The predicted molar refractivity (Wildman–Crippen MR) is 145 cm³/mol. The largest absolute Gasteiger partial charge is 0.401 e. The second-order valence-corrected chi connectivity index (χ2v) is 11.9. The summed E-state index contributed by atoms with van der Waals surface area (Å²) in [5, 5.41) is 3.93. The summed E-state index contributed by atoms with van der Waals surface area (Å²) >= 11 is 0. The van der Waals surface area contributed by atoms with E-state index in [2.05, 4.69) is 5.32 Å². The SMILES string of the molecule is CCc1c(N2CCN(CC(F)(F)F)CC2)n(C)c(=O)c2cc(F)cc([C@@H](C)Nc3ccccc3S(C)(=O)=O)c12. The third-order valence-corrected chi connectivity index (χ3v) is 8.27. The molecular formula is C27H32F4N4O3S. The molecule has 7 nitrogen and oxygen atoms in total. The molecule has 1 fully saturated rings. The lowest BCUT2D eigenvalue weighted by Crippen LogP contribution is -2.50. The Morgan fingerprint density at radius 2 is 1.72 bits per heavy atom. The van der Waals surface area contributed by atoms with Crippen molar-refractivity contribution in [2.75, 3.05) is 49.2 Å². The summed E-state index contributed by atoms with van der Waals surface area (Å²) in [4.78, 5) is 16.8. The summed E-state index contributed by atoms with van der Waals surface area (Å²) in [6.45, 7) is 3.66. The van der Waals surface area contributed by atoms with Gasteiger partial charge in [0, 0.05) is 51.1 Å². The number of hydrogen-bond acceptors (Lipinski definition) is 6. The maximum absolute atomic E-state index is 14.9. The zero-order valence-electron chi connectivity index (χ0n) is 22.3. The van der Waals surface area contributed by atoms with Gasteiger partial charge in [0.1, 0.15) is 11.6 Å². The number of aromatic nitrogens is 1.